The number of ether oxygens (including phenoxy) is 1. The van der Waals surface area contributed by atoms with E-state index in [1.54, 1.807) is 0 Å². The molecule has 5 nitrogen and oxygen atoms in total. The summed E-state index contributed by atoms with van der Waals surface area (Å²) < 4.78 is 5.58. The van der Waals surface area contributed by atoms with Crippen LogP contribution in [0.2, 0.25) is 0 Å². The summed E-state index contributed by atoms with van der Waals surface area (Å²) in [5.74, 6) is 2.00. The molecule has 1 aliphatic rings. The highest BCUT2D eigenvalue weighted by Crippen LogP contribution is 2.14. The number of H-pyrrole nitrogens is 1. The van der Waals surface area contributed by atoms with E-state index in [0.29, 0.717) is 24.2 Å². The Morgan fingerprint density at radius 3 is 3.06 bits per heavy atom. The lowest BCUT2D eigenvalue weighted by Crippen LogP contribution is -2.15. The van der Waals surface area contributed by atoms with Gasteiger partial charge >= 0.3 is 0 Å². The van der Waals surface area contributed by atoms with E-state index < -0.39 is 0 Å². The molecule has 0 saturated carbocycles. The monoisotopic (exact) mass is 251 g/mol. The van der Waals surface area contributed by atoms with Crippen molar-refractivity contribution in [3.8, 4) is 5.88 Å². The lowest BCUT2D eigenvalue weighted by atomic mass is 10.1. The molecule has 5 heteroatoms. The molecule has 0 spiro atoms. The first kappa shape index (κ1) is 13.1. The Hall–Kier alpha value is -1.36. The van der Waals surface area contributed by atoms with E-state index in [4.69, 9.17) is 4.74 Å². The first-order valence-corrected chi connectivity index (χ1v) is 6.60. The average Bonchev–Trinajstić information content (AvgIpc) is 2.81. The number of nitrogens with one attached hydrogen (secondary N) is 2. The molecule has 100 valence electrons. The number of hydrogen-bond acceptors (Lipinski definition) is 4. The third-order valence-corrected chi connectivity index (χ3v) is 3.22. The van der Waals surface area contributed by atoms with Gasteiger partial charge in [0, 0.05) is 5.92 Å². The van der Waals surface area contributed by atoms with Gasteiger partial charge in [-0.25, -0.2) is 0 Å². The standard InChI is InChI=1S/C13H21N3O2/c1-9(2)13-15-11(17)7-12(16-13)18-6-4-10-3-5-14-8-10/h7,9-10,14H,3-6,8H2,1-2H3,(H,15,16,17). The Bertz CT molecular complexity index is 436. The van der Waals surface area contributed by atoms with Gasteiger partial charge in [-0.05, 0) is 31.8 Å². The molecule has 0 bridgehead atoms. The number of aromatic amines is 1. The second-order valence-electron chi connectivity index (χ2n) is 5.12. The fraction of sp³-hybridized carbons (Fsp3) is 0.692. The quantitative estimate of drug-likeness (QED) is 0.827. The van der Waals surface area contributed by atoms with Crippen LogP contribution in [0.3, 0.4) is 0 Å². The van der Waals surface area contributed by atoms with Crippen LogP contribution in [0, 0.1) is 5.92 Å². The van der Waals surface area contributed by atoms with Gasteiger partial charge in [0.2, 0.25) is 5.88 Å². The fourth-order valence-corrected chi connectivity index (χ4v) is 2.09. The van der Waals surface area contributed by atoms with Gasteiger partial charge in [0.15, 0.2) is 0 Å². The largest absolute Gasteiger partial charge is 0.477 e. The van der Waals surface area contributed by atoms with Crippen molar-refractivity contribution < 1.29 is 4.74 Å². The summed E-state index contributed by atoms with van der Waals surface area (Å²) in [5, 5.41) is 3.33. The van der Waals surface area contributed by atoms with Crippen molar-refractivity contribution in [2.75, 3.05) is 19.7 Å². The molecule has 1 unspecified atom stereocenters. The SMILES string of the molecule is CC(C)c1nc(OCCC2CCNC2)cc(=O)[nH]1. The Kier molecular flexibility index (Phi) is 4.36. The minimum Gasteiger partial charge on any atom is -0.477 e. The third-order valence-electron chi connectivity index (χ3n) is 3.22. The molecule has 2 N–H and O–H groups in total. The van der Waals surface area contributed by atoms with Crippen molar-refractivity contribution in [3.05, 3.63) is 22.2 Å². The molecule has 0 amide bonds. The Labute approximate surface area is 107 Å². The Morgan fingerprint density at radius 2 is 2.39 bits per heavy atom. The number of aromatic nitrogens is 2. The predicted octanol–water partition coefficient (Wildman–Crippen LogP) is 1.27. The summed E-state index contributed by atoms with van der Waals surface area (Å²) in [4.78, 5) is 18.5. The first-order valence-electron chi connectivity index (χ1n) is 6.60. The highest BCUT2D eigenvalue weighted by atomic mass is 16.5. The third kappa shape index (κ3) is 3.57. The predicted molar refractivity (Wildman–Crippen MR) is 70.0 cm³/mol. The zero-order valence-electron chi connectivity index (χ0n) is 11.0. The maximum atomic E-state index is 11.4. The van der Waals surface area contributed by atoms with Gasteiger partial charge in [0.25, 0.3) is 5.56 Å². The van der Waals surface area contributed by atoms with Gasteiger partial charge in [0.05, 0.1) is 12.7 Å². The van der Waals surface area contributed by atoms with E-state index in [1.807, 2.05) is 13.8 Å². The molecule has 1 aliphatic heterocycles. The molecule has 0 aromatic carbocycles. The molecular weight excluding hydrogens is 230 g/mol. The highest BCUT2D eigenvalue weighted by molar-refractivity contribution is 5.10. The first-order chi connectivity index (χ1) is 8.65. The normalized spacial score (nSPS) is 19.4. The van der Waals surface area contributed by atoms with E-state index >= 15 is 0 Å². The smallest absolute Gasteiger partial charge is 0.254 e. The highest BCUT2D eigenvalue weighted by Gasteiger charge is 2.14. The van der Waals surface area contributed by atoms with Gasteiger partial charge in [-0.15, -0.1) is 0 Å². The van der Waals surface area contributed by atoms with Crippen LogP contribution in [0.1, 0.15) is 38.4 Å². The zero-order valence-corrected chi connectivity index (χ0v) is 11.0. The molecule has 2 heterocycles. The lowest BCUT2D eigenvalue weighted by Gasteiger charge is -2.10. The molecule has 1 fully saturated rings. The van der Waals surface area contributed by atoms with Crippen LogP contribution in [0.25, 0.3) is 0 Å². The number of rotatable bonds is 5. The van der Waals surface area contributed by atoms with Crippen molar-refractivity contribution in [1.82, 2.24) is 15.3 Å². The maximum Gasteiger partial charge on any atom is 0.254 e. The average molecular weight is 251 g/mol. The lowest BCUT2D eigenvalue weighted by molar-refractivity contribution is 0.272. The molecule has 0 radical (unpaired) electrons. The van der Waals surface area contributed by atoms with Crippen molar-refractivity contribution in [1.29, 1.82) is 0 Å². The van der Waals surface area contributed by atoms with Gasteiger partial charge in [0.1, 0.15) is 5.82 Å². The second kappa shape index (κ2) is 6.00. The zero-order chi connectivity index (χ0) is 13.0. The molecule has 18 heavy (non-hydrogen) atoms. The van der Waals surface area contributed by atoms with Crippen molar-refractivity contribution in [2.45, 2.75) is 32.6 Å². The minimum atomic E-state index is -0.147. The van der Waals surface area contributed by atoms with Gasteiger partial charge < -0.3 is 15.0 Å². The van der Waals surface area contributed by atoms with Crippen molar-refractivity contribution >= 4 is 0 Å². The second-order valence-corrected chi connectivity index (χ2v) is 5.12. The summed E-state index contributed by atoms with van der Waals surface area (Å²) in [7, 11) is 0. The van der Waals surface area contributed by atoms with Crippen molar-refractivity contribution in [2.24, 2.45) is 5.92 Å². The van der Waals surface area contributed by atoms with E-state index in [2.05, 4.69) is 15.3 Å². The molecule has 2 rings (SSSR count). The van der Waals surface area contributed by atoms with Crippen LogP contribution in [0.4, 0.5) is 0 Å². The Balaban J connectivity index is 1.90. The molecule has 1 aromatic rings. The summed E-state index contributed by atoms with van der Waals surface area (Å²) in [6, 6.07) is 1.42. The van der Waals surface area contributed by atoms with E-state index in [9.17, 15) is 4.79 Å². The van der Waals surface area contributed by atoms with E-state index in [-0.39, 0.29) is 11.5 Å². The van der Waals surface area contributed by atoms with Crippen LogP contribution >= 0.6 is 0 Å². The molecular formula is C13H21N3O2. The van der Waals surface area contributed by atoms with Gasteiger partial charge in [-0.2, -0.15) is 4.98 Å². The number of hydrogen-bond donors (Lipinski definition) is 2. The van der Waals surface area contributed by atoms with E-state index in [1.165, 1.54) is 12.5 Å². The fourth-order valence-electron chi connectivity index (χ4n) is 2.09. The molecule has 1 aromatic heterocycles. The van der Waals surface area contributed by atoms with Crippen LogP contribution in [0.5, 0.6) is 5.88 Å². The van der Waals surface area contributed by atoms with Gasteiger partial charge in [-0.3, -0.25) is 4.79 Å². The van der Waals surface area contributed by atoms with Crippen LogP contribution in [-0.2, 0) is 0 Å². The minimum absolute atomic E-state index is 0.147. The van der Waals surface area contributed by atoms with Crippen LogP contribution in [0.15, 0.2) is 10.9 Å². The van der Waals surface area contributed by atoms with E-state index in [0.717, 1.165) is 19.5 Å². The van der Waals surface area contributed by atoms with Crippen LogP contribution < -0.4 is 15.6 Å². The van der Waals surface area contributed by atoms with Crippen LogP contribution in [-0.4, -0.2) is 29.7 Å². The molecule has 1 atom stereocenters. The molecule has 0 aliphatic carbocycles. The topological polar surface area (TPSA) is 67.0 Å². The summed E-state index contributed by atoms with van der Waals surface area (Å²) in [5.41, 5.74) is -0.147. The summed E-state index contributed by atoms with van der Waals surface area (Å²) in [6.45, 7) is 6.79. The van der Waals surface area contributed by atoms with Crippen molar-refractivity contribution in [3.63, 3.8) is 0 Å². The molecule has 1 saturated heterocycles. The van der Waals surface area contributed by atoms with Gasteiger partial charge in [-0.1, -0.05) is 13.8 Å². The maximum absolute atomic E-state index is 11.4. The summed E-state index contributed by atoms with van der Waals surface area (Å²) in [6.07, 6.45) is 2.22. The number of nitrogens with zero attached hydrogens (tertiary/aromatic N) is 1. The Morgan fingerprint density at radius 1 is 1.56 bits per heavy atom. The summed E-state index contributed by atoms with van der Waals surface area (Å²) >= 11 is 0.